The quantitative estimate of drug-likeness (QED) is 0.568. The van der Waals surface area contributed by atoms with Crippen molar-refractivity contribution < 1.29 is 4.79 Å². The molecule has 112 valence electrons. The Kier molecular flexibility index (Phi) is 4.48. The molecule has 3 rings (SSSR count). The number of nitrogens with one attached hydrogen (secondary N) is 1. The third-order valence-corrected chi connectivity index (χ3v) is 4.96. The Hall–Kier alpha value is -1.04. The van der Waals surface area contributed by atoms with Crippen molar-refractivity contribution in [2.75, 3.05) is 5.32 Å². The van der Waals surface area contributed by atoms with Gasteiger partial charge in [0.25, 0.3) is 5.91 Å². The highest BCUT2D eigenvalue weighted by Gasteiger charge is 2.14. The van der Waals surface area contributed by atoms with Gasteiger partial charge in [-0.25, -0.2) is 4.98 Å². The summed E-state index contributed by atoms with van der Waals surface area (Å²) in [5.74, 6) is -0.356. The third kappa shape index (κ3) is 3.16. The molecule has 0 radical (unpaired) electrons. The molecule has 1 aromatic heterocycles. The van der Waals surface area contributed by atoms with Crippen LogP contribution < -0.4 is 5.32 Å². The highest BCUT2D eigenvalue weighted by atomic mass is 35.5. The van der Waals surface area contributed by atoms with Crippen molar-refractivity contribution >= 4 is 79.0 Å². The number of amides is 1. The minimum absolute atomic E-state index is 0.348. The molecule has 0 atom stereocenters. The predicted molar refractivity (Wildman–Crippen MR) is 94.1 cm³/mol. The first-order valence-electron chi connectivity index (χ1n) is 5.96. The van der Waals surface area contributed by atoms with Crippen LogP contribution in [0, 0.1) is 0 Å². The standard InChI is InChI=1S/C14H6Cl4N2OS/c15-7-3-6(4-8(16)5-7)13(21)20-14-19-12-10(22-14)2-1-9(17)11(12)18/h1-5H,(H,19,20,21). The third-order valence-electron chi connectivity index (χ3n) is 2.80. The zero-order valence-electron chi connectivity index (χ0n) is 10.7. The number of carbonyl (C=O) groups is 1. The zero-order chi connectivity index (χ0) is 15.9. The summed E-state index contributed by atoms with van der Waals surface area (Å²) in [5.41, 5.74) is 0.902. The lowest BCUT2D eigenvalue weighted by atomic mass is 10.2. The lowest BCUT2D eigenvalue weighted by Gasteiger charge is -2.03. The second-order valence-corrected chi connectivity index (χ2v) is 7.03. The summed E-state index contributed by atoms with van der Waals surface area (Å²) in [6.45, 7) is 0. The van der Waals surface area contributed by atoms with Crippen LogP contribution in [-0.4, -0.2) is 10.9 Å². The van der Waals surface area contributed by atoms with E-state index in [9.17, 15) is 4.79 Å². The smallest absolute Gasteiger partial charge is 0.257 e. The summed E-state index contributed by atoms with van der Waals surface area (Å²) >= 11 is 25.1. The molecule has 0 bridgehead atoms. The van der Waals surface area contributed by atoms with E-state index in [0.717, 1.165) is 4.70 Å². The van der Waals surface area contributed by atoms with E-state index in [0.29, 0.717) is 36.3 Å². The van der Waals surface area contributed by atoms with Gasteiger partial charge in [0.15, 0.2) is 5.13 Å². The molecule has 0 aliphatic rings. The molecule has 0 saturated heterocycles. The van der Waals surface area contributed by atoms with Crippen molar-refractivity contribution in [1.29, 1.82) is 0 Å². The molecule has 0 aliphatic heterocycles. The number of hydrogen-bond donors (Lipinski definition) is 1. The van der Waals surface area contributed by atoms with Gasteiger partial charge in [-0.05, 0) is 30.3 Å². The van der Waals surface area contributed by atoms with Crippen LogP contribution in [0.25, 0.3) is 10.2 Å². The molecule has 3 nitrogen and oxygen atoms in total. The summed E-state index contributed by atoms with van der Waals surface area (Å²) < 4.78 is 0.828. The number of carbonyl (C=O) groups excluding carboxylic acids is 1. The molecular weight excluding hydrogens is 386 g/mol. The molecule has 1 N–H and O–H groups in total. The van der Waals surface area contributed by atoms with Crippen molar-refractivity contribution in [3.05, 3.63) is 56.0 Å². The van der Waals surface area contributed by atoms with Gasteiger partial charge in [-0.2, -0.15) is 0 Å². The van der Waals surface area contributed by atoms with Crippen molar-refractivity contribution in [3.8, 4) is 0 Å². The average molecular weight is 392 g/mol. The summed E-state index contributed by atoms with van der Waals surface area (Å²) in [4.78, 5) is 16.5. The maximum Gasteiger partial charge on any atom is 0.257 e. The van der Waals surface area contributed by atoms with Gasteiger partial charge in [-0.15, -0.1) is 0 Å². The Balaban J connectivity index is 1.92. The van der Waals surface area contributed by atoms with Crippen LogP contribution >= 0.6 is 57.7 Å². The van der Waals surface area contributed by atoms with E-state index < -0.39 is 0 Å². The molecule has 1 heterocycles. The average Bonchev–Trinajstić information content (AvgIpc) is 2.85. The SMILES string of the molecule is O=C(Nc1nc2c(Cl)c(Cl)ccc2s1)c1cc(Cl)cc(Cl)c1. The lowest BCUT2D eigenvalue weighted by Crippen LogP contribution is -2.11. The monoisotopic (exact) mass is 390 g/mol. The minimum atomic E-state index is -0.356. The van der Waals surface area contributed by atoms with E-state index in [1.807, 2.05) is 0 Å². The predicted octanol–water partition coefficient (Wildman–Crippen LogP) is 6.16. The van der Waals surface area contributed by atoms with Gasteiger partial charge >= 0.3 is 0 Å². The van der Waals surface area contributed by atoms with Gasteiger partial charge in [-0.3, -0.25) is 10.1 Å². The lowest BCUT2D eigenvalue weighted by molar-refractivity contribution is 0.102. The van der Waals surface area contributed by atoms with Crippen molar-refractivity contribution in [2.24, 2.45) is 0 Å². The number of aromatic nitrogens is 1. The molecule has 0 fully saturated rings. The van der Waals surface area contributed by atoms with E-state index in [2.05, 4.69) is 10.3 Å². The number of fused-ring (bicyclic) bond motifs is 1. The van der Waals surface area contributed by atoms with Crippen LogP contribution in [0.3, 0.4) is 0 Å². The number of thiazole rings is 1. The maximum atomic E-state index is 12.2. The number of benzene rings is 2. The van der Waals surface area contributed by atoms with Crippen LogP contribution in [0.1, 0.15) is 10.4 Å². The van der Waals surface area contributed by atoms with E-state index in [1.165, 1.54) is 23.5 Å². The second kappa shape index (κ2) is 6.22. The Morgan fingerprint density at radius 3 is 2.41 bits per heavy atom. The van der Waals surface area contributed by atoms with Gasteiger partial charge < -0.3 is 0 Å². The van der Waals surface area contributed by atoms with Crippen LogP contribution in [0.2, 0.25) is 20.1 Å². The Labute approximate surface area is 149 Å². The number of rotatable bonds is 2. The number of nitrogens with zero attached hydrogens (tertiary/aromatic N) is 1. The summed E-state index contributed by atoms with van der Waals surface area (Å²) in [7, 11) is 0. The molecule has 0 spiro atoms. The molecule has 3 aromatic rings. The highest BCUT2D eigenvalue weighted by Crippen LogP contribution is 2.35. The minimum Gasteiger partial charge on any atom is -0.298 e. The van der Waals surface area contributed by atoms with Gasteiger partial charge in [0, 0.05) is 15.6 Å². The number of anilines is 1. The molecular formula is C14H6Cl4N2OS. The Bertz CT molecular complexity index is 874. The fourth-order valence-electron chi connectivity index (χ4n) is 1.84. The van der Waals surface area contributed by atoms with E-state index in [-0.39, 0.29) is 5.91 Å². The van der Waals surface area contributed by atoms with Crippen LogP contribution in [0.15, 0.2) is 30.3 Å². The first-order chi connectivity index (χ1) is 10.4. The molecule has 0 unspecified atom stereocenters. The largest absolute Gasteiger partial charge is 0.298 e. The van der Waals surface area contributed by atoms with Crippen LogP contribution in [0.5, 0.6) is 0 Å². The first kappa shape index (κ1) is 15.8. The molecule has 0 aliphatic carbocycles. The van der Waals surface area contributed by atoms with E-state index >= 15 is 0 Å². The number of hydrogen-bond acceptors (Lipinski definition) is 3. The normalized spacial score (nSPS) is 10.9. The molecule has 2 aromatic carbocycles. The Morgan fingerprint density at radius 1 is 1.05 bits per heavy atom. The molecule has 22 heavy (non-hydrogen) atoms. The van der Waals surface area contributed by atoms with Gasteiger partial charge in [0.1, 0.15) is 5.52 Å². The highest BCUT2D eigenvalue weighted by molar-refractivity contribution is 7.22. The van der Waals surface area contributed by atoms with E-state index in [4.69, 9.17) is 46.4 Å². The van der Waals surface area contributed by atoms with Crippen molar-refractivity contribution in [2.45, 2.75) is 0 Å². The number of halogens is 4. The first-order valence-corrected chi connectivity index (χ1v) is 8.29. The molecule has 8 heteroatoms. The van der Waals surface area contributed by atoms with Crippen LogP contribution in [0.4, 0.5) is 5.13 Å². The topological polar surface area (TPSA) is 42.0 Å². The van der Waals surface area contributed by atoms with Gasteiger partial charge in [-0.1, -0.05) is 57.7 Å². The maximum absolute atomic E-state index is 12.2. The second-order valence-electron chi connectivity index (χ2n) is 4.34. The summed E-state index contributed by atoms with van der Waals surface area (Å²) in [6, 6.07) is 8.10. The van der Waals surface area contributed by atoms with Gasteiger partial charge in [0.2, 0.25) is 0 Å². The zero-order valence-corrected chi connectivity index (χ0v) is 14.5. The van der Waals surface area contributed by atoms with Crippen molar-refractivity contribution in [1.82, 2.24) is 4.98 Å². The fraction of sp³-hybridized carbons (Fsp3) is 0. The Morgan fingerprint density at radius 2 is 1.73 bits per heavy atom. The van der Waals surface area contributed by atoms with E-state index in [1.54, 1.807) is 18.2 Å². The van der Waals surface area contributed by atoms with Crippen LogP contribution in [-0.2, 0) is 0 Å². The summed E-state index contributed by atoms with van der Waals surface area (Å²) in [5, 5.41) is 4.67. The molecule has 0 saturated carbocycles. The molecule has 1 amide bonds. The summed E-state index contributed by atoms with van der Waals surface area (Å²) in [6.07, 6.45) is 0. The fourth-order valence-corrected chi connectivity index (χ4v) is 3.66. The van der Waals surface area contributed by atoms with Crippen molar-refractivity contribution in [3.63, 3.8) is 0 Å². The van der Waals surface area contributed by atoms with Gasteiger partial charge in [0.05, 0.1) is 14.7 Å².